The van der Waals surface area contributed by atoms with E-state index in [-0.39, 0.29) is 12.5 Å². The molecule has 0 saturated heterocycles. The molecule has 1 heterocycles. The van der Waals surface area contributed by atoms with Crippen molar-refractivity contribution in [1.82, 2.24) is 5.43 Å². The van der Waals surface area contributed by atoms with E-state index in [9.17, 15) is 9.59 Å². The fourth-order valence-electron chi connectivity index (χ4n) is 1.58. The summed E-state index contributed by atoms with van der Waals surface area (Å²) >= 11 is 1.52. The Labute approximate surface area is 131 Å². The maximum Gasteiger partial charge on any atom is 0.341 e. The second-order valence-corrected chi connectivity index (χ2v) is 5.33. The Morgan fingerprint density at radius 2 is 2.05 bits per heavy atom. The van der Waals surface area contributed by atoms with Gasteiger partial charge in [0.25, 0.3) is 0 Å². The van der Waals surface area contributed by atoms with E-state index >= 15 is 0 Å². The number of ether oxygens (including phenoxy) is 1. The third-order valence-electron chi connectivity index (χ3n) is 2.56. The van der Waals surface area contributed by atoms with Crippen molar-refractivity contribution in [1.29, 1.82) is 0 Å². The molecule has 0 saturated carbocycles. The van der Waals surface area contributed by atoms with E-state index in [0.717, 1.165) is 10.4 Å². The van der Waals surface area contributed by atoms with Gasteiger partial charge in [0.15, 0.2) is 6.61 Å². The number of carbonyl (C=O) groups is 2. The summed E-state index contributed by atoms with van der Waals surface area (Å²) in [7, 11) is 0. The van der Waals surface area contributed by atoms with Gasteiger partial charge < -0.3 is 9.84 Å². The van der Waals surface area contributed by atoms with Gasteiger partial charge in [-0.3, -0.25) is 4.79 Å². The smallest absolute Gasteiger partial charge is 0.341 e. The number of hydrazone groups is 1. The van der Waals surface area contributed by atoms with E-state index in [4.69, 9.17) is 9.84 Å². The molecule has 22 heavy (non-hydrogen) atoms. The van der Waals surface area contributed by atoms with E-state index < -0.39 is 5.97 Å². The molecule has 2 aromatic rings. The first kappa shape index (κ1) is 15.7. The van der Waals surface area contributed by atoms with Crippen molar-refractivity contribution in [3.8, 4) is 5.75 Å². The van der Waals surface area contributed by atoms with Crippen LogP contribution in [-0.4, -0.2) is 29.8 Å². The largest absolute Gasteiger partial charge is 0.482 e. The predicted molar refractivity (Wildman–Crippen MR) is 83.3 cm³/mol. The zero-order valence-electron chi connectivity index (χ0n) is 11.6. The van der Waals surface area contributed by atoms with Gasteiger partial charge in [-0.15, -0.1) is 11.3 Å². The summed E-state index contributed by atoms with van der Waals surface area (Å²) in [6.45, 7) is -0.383. The van der Waals surface area contributed by atoms with Gasteiger partial charge >= 0.3 is 5.97 Å². The third kappa shape index (κ3) is 5.37. The van der Waals surface area contributed by atoms with Gasteiger partial charge in [-0.05, 0) is 41.3 Å². The molecule has 0 aliphatic carbocycles. The van der Waals surface area contributed by atoms with E-state index in [1.807, 2.05) is 17.5 Å². The zero-order chi connectivity index (χ0) is 15.8. The molecule has 1 amide bonds. The molecule has 0 bridgehead atoms. The number of thiophene rings is 1. The normalized spacial score (nSPS) is 10.5. The van der Waals surface area contributed by atoms with Crippen molar-refractivity contribution < 1.29 is 19.4 Å². The predicted octanol–water partition coefficient (Wildman–Crippen LogP) is 1.90. The number of hydrogen-bond donors (Lipinski definition) is 2. The first-order chi connectivity index (χ1) is 10.6. The Morgan fingerprint density at radius 3 is 2.68 bits per heavy atom. The van der Waals surface area contributed by atoms with Gasteiger partial charge in [0.2, 0.25) is 5.91 Å². The molecule has 1 aromatic carbocycles. The van der Waals surface area contributed by atoms with Crippen LogP contribution in [-0.2, 0) is 16.0 Å². The quantitative estimate of drug-likeness (QED) is 0.603. The van der Waals surface area contributed by atoms with E-state index in [1.165, 1.54) is 17.6 Å². The van der Waals surface area contributed by atoms with Crippen molar-refractivity contribution in [2.75, 3.05) is 6.61 Å². The van der Waals surface area contributed by atoms with Crippen LogP contribution in [0.5, 0.6) is 5.75 Å². The van der Waals surface area contributed by atoms with Crippen LogP contribution in [0.2, 0.25) is 0 Å². The summed E-state index contributed by atoms with van der Waals surface area (Å²) in [5, 5.41) is 14.3. The standard InChI is InChI=1S/C15H14N2O4S/c18-14(8-13-2-1-7-22-13)17-16-9-11-3-5-12(6-4-11)21-10-15(19)20/h1-7,9H,8,10H2,(H,17,18)(H,19,20)/b16-9-. The Bertz CT molecular complexity index is 651. The topological polar surface area (TPSA) is 88.0 Å². The Balaban J connectivity index is 1.80. The number of carboxylic acids is 1. The molecule has 0 aliphatic rings. The van der Waals surface area contributed by atoms with E-state index in [1.54, 1.807) is 24.3 Å². The average Bonchev–Trinajstić information content (AvgIpc) is 2.99. The number of amides is 1. The highest BCUT2D eigenvalue weighted by molar-refractivity contribution is 7.10. The first-order valence-corrected chi connectivity index (χ1v) is 7.30. The number of carboxylic acid groups (broad SMARTS) is 1. The van der Waals surface area contributed by atoms with Crippen LogP contribution < -0.4 is 10.2 Å². The van der Waals surface area contributed by atoms with Crippen molar-refractivity contribution in [2.24, 2.45) is 5.10 Å². The number of rotatable bonds is 7. The van der Waals surface area contributed by atoms with Crippen LogP contribution in [0, 0.1) is 0 Å². The monoisotopic (exact) mass is 318 g/mol. The van der Waals surface area contributed by atoms with Crippen LogP contribution >= 0.6 is 11.3 Å². The lowest BCUT2D eigenvalue weighted by Crippen LogP contribution is -2.19. The van der Waals surface area contributed by atoms with Crippen LogP contribution in [0.1, 0.15) is 10.4 Å². The number of carbonyl (C=O) groups excluding carboxylic acids is 1. The number of benzene rings is 1. The van der Waals surface area contributed by atoms with Crippen molar-refractivity contribution in [3.63, 3.8) is 0 Å². The highest BCUT2D eigenvalue weighted by Gasteiger charge is 2.02. The lowest BCUT2D eigenvalue weighted by atomic mass is 10.2. The van der Waals surface area contributed by atoms with Gasteiger partial charge in [-0.2, -0.15) is 5.10 Å². The number of aliphatic carboxylic acids is 1. The third-order valence-corrected chi connectivity index (χ3v) is 3.44. The van der Waals surface area contributed by atoms with E-state index in [2.05, 4.69) is 10.5 Å². The second kappa shape index (κ2) is 7.94. The fourth-order valence-corrected chi connectivity index (χ4v) is 2.29. The van der Waals surface area contributed by atoms with Gasteiger partial charge in [0.1, 0.15) is 5.75 Å². The summed E-state index contributed by atoms with van der Waals surface area (Å²) in [4.78, 5) is 23.0. The average molecular weight is 318 g/mol. The van der Waals surface area contributed by atoms with Crippen LogP contribution in [0.3, 0.4) is 0 Å². The molecular formula is C15H14N2O4S. The molecule has 0 atom stereocenters. The molecule has 0 radical (unpaired) electrons. The SMILES string of the molecule is O=C(O)COc1ccc(/C=N\NC(=O)Cc2cccs2)cc1. The van der Waals surface area contributed by atoms with Crippen molar-refractivity contribution >= 4 is 29.4 Å². The number of hydrogen-bond acceptors (Lipinski definition) is 5. The highest BCUT2D eigenvalue weighted by Crippen LogP contribution is 2.11. The molecule has 1 aromatic heterocycles. The lowest BCUT2D eigenvalue weighted by Gasteiger charge is -2.02. The first-order valence-electron chi connectivity index (χ1n) is 6.42. The molecule has 7 heteroatoms. The zero-order valence-corrected chi connectivity index (χ0v) is 12.4. The van der Waals surface area contributed by atoms with Crippen molar-refractivity contribution in [2.45, 2.75) is 6.42 Å². The van der Waals surface area contributed by atoms with Gasteiger partial charge in [0.05, 0.1) is 12.6 Å². The summed E-state index contributed by atoms with van der Waals surface area (Å²) in [5.41, 5.74) is 3.22. The summed E-state index contributed by atoms with van der Waals surface area (Å²) in [6, 6.07) is 10.5. The Morgan fingerprint density at radius 1 is 1.27 bits per heavy atom. The molecule has 0 fully saturated rings. The lowest BCUT2D eigenvalue weighted by molar-refractivity contribution is -0.139. The molecular weight excluding hydrogens is 304 g/mol. The fraction of sp³-hybridized carbons (Fsp3) is 0.133. The van der Waals surface area contributed by atoms with Crippen LogP contribution in [0.4, 0.5) is 0 Å². The summed E-state index contributed by atoms with van der Waals surface area (Å²) < 4.78 is 5.01. The Kier molecular flexibility index (Phi) is 5.67. The number of nitrogens with zero attached hydrogens (tertiary/aromatic N) is 1. The van der Waals surface area contributed by atoms with Crippen molar-refractivity contribution in [3.05, 3.63) is 52.2 Å². The van der Waals surface area contributed by atoms with Gasteiger partial charge in [0, 0.05) is 4.88 Å². The van der Waals surface area contributed by atoms with Gasteiger partial charge in [-0.25, -0.2) is 10.2 Å². The van der Waals surface area contributed by atoms with Crippen LogP contribution in [0.15, 0.2) is 46.9 Å². The molecule has 2 rings (SSSR count). The molecule has 0 unspecified atom stereocenters. The Hall–Kier alpha value is -2.67. The highest BCUT2D eigenvalue weighted by atomic mass is 32.1. The summed E-state index contributed by atoms with van der Waals surface area (Å²) in [6.07, 6.45) is 1.81. The van der Waals surface area contributed by atoms with Gasteiger partial charge in [-0.1, -0.05) is 6.07 Å². The minimum Gasteiger partial charge on any atom is -0.482 e. The molecule has 0 spiro atoms. The molecule has 6 nitrogen and oxygen atoms in total. The second-order valence-electron chi connectivity index (χ2n) is 4.30. The molecule has 0 aliphatic heterocycles. The minimum atomic E-state index is -1.03. The minimum absolute atomic E-state index is 0.180. The summed E-state index contributed by atoms with van der Waals surface area (Å²) in [5.74, 6) is -0.750. The maximum absolute atomic E-state index is 11.6. The van der Waals surface area contributed by atoms with Crippen LogP contribution in [0.25, 0.3) is 0 Å². The molecule has 114 valence electrons. The van der Waals surface area contributed by atoms with E-state index in [0.29, 0.717) is 12.2 Å². The maximum atomic E-state index is 11.6. The number of nitrogens with one attached hydrogen (secondary N) is 1. The molecule has 2 N–H and O–H groups in total.